The number of hydrogen-bond acceptors (Lipinski definition) is 9. The summed E-state index contributed by atoms with van der Waals surface area (Å²) in [6.45, 7) is 6.35. The van der Waals surface area contributed by atoms with Gasteiger partial charge in [-0.1, -0.05) is 107 Å². The Morgan fingerprint density at radius 3 is 1.96 bits per heavy atom. The van der Waals surface area contributed by atoms with Gasteiger partial charge in [-0.3, -0.25) is 9.59 Å². The van der Waals surface area contributed by atoms with Crippen LogP contribution in [-0.2, 0) is 15.0 Å². The van der Waals surface area contributed by atoms with Crippen LogP contribution in [0.2, 0.25) is 0 Å². The van der Waals surface area contributed by atoms with Gasteiger partial charge in [0.1, 0.15) is 0 Å². The van der Waals surface area contributed by atoms with E-state index in [2.05, 4.69) is 99.2 Å². The maximum absolute atomic E-state index is 13.8. The molecule has 2 aliphatic rings. The fourth-order valence-corrected chi connectivity index (χ4v) is 8.27. The van der Waals surface area contributed by atoms with Crippen LogP contribution in [0.5, 0.6) is 11.5 Å². The average molecular weight is 818 g/mol. The number of benzene rings is 1. The van der Waals surface area contributed by atoms with Gasteiger partial charge in [0.05, 0.1) is 30.7 Å². The standard InChI is InChI=1S/C43H61F2N3O6S2/c1-4-5-6-7-8-9-10-11-12-13-14-15-16-17-18-19-20-21-22-23-39(51)46-28-29-55-56-41(2,3)38(31-47-35(32-49)33-50)48-40(52)42(26-27-42)34-24-25-36-37(30-34)54-43(44,45)53-36/h5-6,8-9,11-12,14-15,17-18,20-21,24-25,30,35,38,47,49-50H,4,7,10,13,16,19,22-23,26-29,31-33H2,1-3H3,(H,46,51)(H,48,52)/b6-5-,9-8-,12-11-,15-14-,18-17-,21-20-/t38-/m1/s1. The van der Waals surface area contributed by atoms with Crippen molar-refractivity contribution in [2.75, 3.05) is 32.1 Å². The molecule has 3 rings (SSSR count). The van der Waals surface area contributed by atoms with E-state index in [9.17, 15) is 28.6 Å². The van der Waals surface area contributed by atoms with Crippen LogP contribution in [-0.4, -0.2) is 77.2 Å². The Kier molecular flexibility index (Phi) is 21.1. The zero-order chi connectivity index (χ0) is 40.7. The molecule has 13 heteroatoms. The number of aliphatic hydroxyl groups is 2. The van der Waals surface area contributed by atoms with Crippen molar-refractivity contribution in [3.05, 3.63) is 96.7 Å². The highest BCUT2D eigenvalue weighted by molar-refractivity contribution is 8.77. The molecule has 2 amide bonds. The van der Waals surface area contributed by atoms with Crippen molar-refractivity contribution in [1.29, 1.82) is 0 Å². The summed E-state index contributed by atoms with van der Waals surface area (Å²) in [6.07, 6.45) is 30.0. The maximum Gasteiger partial charge on any atom is 0.586 e. The summed E-state index contributed by atoms with van der Waals surface area (Å²) >= 11 is 0. The zero-order valence-corrected chi connectivity index (χ0v) is 34.7. The van der Waals surface area contributed by atoms with Crippen molar-refractivity contribution >= 4 is 33.4 Å². The molecule has 1 heterocycles. The minimum atomic E-state index is -3.75. The highest BCUT2D eigenvalue weighted by Gasteiger charge is 2.53. The van der Waals surface area contributed by atoms with Gasteiger partial charge in [0.15, 0.2) is 11.5 Å². The number of amides is 2. The number of carbonyl (C=O) groups is 2. The maximum atomic E-state index is 13.8. The first-order valence-corrected chi connectivity index (χ1v) is 21.9. The quantitative estimate of drug-likeness (QED) is 0.0323. The highest BCUT2D eigenvalue weighted by atomic mass is 33.1. The Morgan fingerprint density at radius 1 is 0.857 bits per heavy atom. The van der Waals surface area contributed by atoms with Gasteiger partial charge in [0.2, 0.25) is 11.8 Å². The molecule has 1 aliphatic carbocycles. The summed E-state index contributed by atoms with van der Waals surface area (Å²) in [7, 11) is 3.15. The fourth-order valence-electron chi connectivity index (χ4n) is 5.68. The van der Waals surface area contributed by atoms with Gasteiger partial charge in [-0.25, -0.2) is 0 Å². The summed E-state index contributed by atoms with van der Waals surface area (Å²) < 4.78 is 35.9. The van der Waals surface area contributed by atoms with Crippen molar-refractivity contribution < 1.29 is 38.1 Å². The van der Waals surface area contributed by atoms with Gasteiger partial charge in [-0.2, -0.15) is 0 Å². The molecule has 0 unspecified atom stereocenters. The van der Waals surface area contributed by atoms with E-state index in [-0.39, 0.29) is 43.1 Å². The fraction of sp³-hybridized carbons (Fsp3) is 0.535. The summed E-state index contributed by atoms with van der Waals surface area (Å²) in [5, 5.41) is 28.5. The van der Waals surface area contributed by atoms with E-state index >= 15 is 0 Å². The number of nitrogens with one attached hydrogen (secondary N) is 3. The molecule has 1 aromatic rings. The van der Waals surface area contributed by atoms with E-state index in [1.54, 1.807) is 27.7 Å². The Balaban J connectivity index is 1.33. The third-order valence-corrected chi connectivity index (χ3v) is 12.6. The minimum absolute atomic E-state index is 0.00949. The number of halogens is 2. The van der Waals surface area contributed by atoms with Crippen LogP contribution in [0.15, 0.2) is 91.1 Å². The lowest BCUT2D eigenvalue weighted by atomic mass is 9.93. The second-order valence-corrected chi connectivity index (χ2v) is 17.3. The molecule has 1 aromatic carbocycles. The first-order chi connectivity index (χ1) is 27.0. The molecule has 1 aliphatic heterocycles. The molecule has 0 radical (unpaired) electrons. The van der Waals surface area contributed by atoms with Crippen molar-refractivity contribution in [2.45, 2.75) is 114 Å². The molecule has 0 aromatic heterocycles. The van der Waals surface area contributed by atoms with Crippen LogP contribution in [0.3, 0.4) is 0 Å². The Bertz CT molecular complexity index is 1540. The number of rotatable bonds is 28. The number of alkyl halides is 2. The van der Waals surface area contributed by atoms with Crippen LogP contribution in [0, 0.1) is 0 Å². The first-order valence-electron chi connectivity index (χ1n) is 19.6. The largest absolute Gasteiger partial charge is 0.586 e. The molecular weight excluding hydrogens is 757 g/mol. The van der Waals surface area contributed by atoms with Crippen molar-refractivity contribution in [3.63, 3.8) is 0 Å². The van der Waals surface area contributed by atoms with Crippen molar-refractivity contribution in [1.82, 2.24) is 16.0 Å². The lowest BCUT2D eigenvalue weighted by molar-refractivity contribution is -0.286. The molecule has 5 N–H and O–H groups in total. The number of ether oxygens (including phenoxy) is 2. The molecule has 1 saturated carbocycles. The lowest BCUT2D eigenvalue weighted by Gasteiger charge is -2.36. The summed E-state index contributed by atoms with van der Waals surface area (Å²) in [5.41, 5.74) is -0.313. The van der Waals surface area contributed by atoms with E-state index < -0.39 is 28.5 Å². The van der Waals surface area contributed by atoms with Gasteiger partial charge in [-0.15, -0.1) is 8.78 Å². The topological polar surface area (TPSA) is 129 Å². The van der Waals surface area contributed by atoms with Crippen LogP contribution in [0.25, 0.3) is 0 Å². The lowest BCUT2D eigenvalue weighted by Crippen LogP contribution is -2.56. The molecule has 0 bridgehead atoms. The third kappa shape index (κ3) is 17.0. The monoisotopic (exact) mass is 817 g/mol. The Morgan fingerprint density at radius 2 is 1.41 bits per heavy atom. The zero-order valence-electron chi connectivity index (χ0n) is 33.0. The van der Waals surface area contributed by atoms with Crippen LogP contribution in [0.1, 0.15) is 90.5 Å². The number of allylic oxidation sites excluding steroid dienone is 12. The Labute approximate surface area is 340 Å². The molecule has 310 valence electrons. The number of aliphatic hydroxyl groups excluding tert-OH is 2. The highest BCUT2D eigenvalue weighted by Crippen LogP contribution is 2.52. The Hall–Kier alpha value is -3.36. The van der Waals surface area contributed by atoms with E-state index in [1.807, 2.05) is 19.9 Å². The number of carbonyl (C=O) groups excluding carboxylic acids is 2. The predicted molar refractivity (Wildman–Crippen MR) is 226 cm³/mol. The number of fused-ring (bicyclic) bond motifs is 1. The molecule has 1 atom stereocenters. The first kappa shape index (κ1) is 47.0. The van der Waals surface area contributed by atoms with Crippen LogP contribution in [0.4, 0.5) is 8.78 Å². The van der Waals surface area contributed by atoms with Gasteiger partial charge < -0.3 is 35.6 Å². The smallest absolute Gasteiger partial charge is 0.395 e. The van der Waals surface area contributed by atoms with Crippen molar-refractivity contribution in [2.24, 2.45) is 0 Å². The van der Waals surface area contributed by atoms with Gasteiger partial charge in [-0.05, 0) is 89.3 Å². The van der Waals surface area contributed by atoms with Gasteiger partial charge in [0.25, 0.3) is 0 Å². The van der Waals surface area contributed by atoms with E-state index in [0.717, 1.165) is 38.5 Å². The van der Waals surface area contributed by atoms with E-state index in [4.69, 9.17) is 0 Å². The molecule has 1 fully saturated rings. The normalized spacial score (nSPS) is 16.8. The van der Waals surface area contributed by atoms with Crippen LogP contribution < -0.4 is 25.4 Å². The summed E-state index contributed by atoms with van der Waals surface area (Å²) in [6, 6.07) is 3.46. The van der Waals surface area contributed by atoms with Gasteiger partial charge in [0, 0.05) is 30.0 Å². The third-order valence-electron chi connectivity index (χ3n) is 9.25. The molecule has 0 saturated heterocycles. The minimum Gasteiger partial charge on any atom is -0.395 e. The van der Waals surface area contributed by atoms with E-state index in [0.29, 0.717) is 43.5 Å². The second kappa shape index (κ2) is 25.1. The molecule has 9 nitrogen and oxygen atoms in total. The summed E-state index contributed by atoms with van der Waals surface area (Å²) in [4.78, 5) is 26.2. The molecular formula is C43H61F2N3O6S2. The van der Waals surface area contributed by atoms with E-state index in [1.165, 1.54) is 12.1 Å². The average Bonchev–Trinajstić information content (AvgIpc) is 3.92. The van der Waals surface area contributed by atoms with Crippen molar-refractivity contribution in [3.8, 4) is 11.5 Å². The molecule has 56 heavy (non-hydrogen) atoms. The predicted octanol–water partition coefficient (Wildman–Crippen LogP) is 8.22. The SMILES string of the molecule is CC/C=C\C/C=C\C/C=C\C/C=C\C/C=C\C/C=C\CCC(=O)NCCSSC(C)(C)[C@@H](CNC(CO)CO)NC(=O)C1(c2ccc3c(c2)OC(F)(F)O3)CC1. The number of hydrogen-bond donors (Lipinski definition) is 5. The molecule has 0 spiro atoms. The van der Waals surface area contributed by atoms with Gasteiger partial charge >= 0.3 is 6.29 Å². The second-order valence-electron chi connectivity index (χ2n) is 14.2. The summed E-state index contributed by atoms with van der Waals surface area (Å²) in [5.74, 6) is 0.218. The van der Waals surface area contributed by atoms with Crippen LogP contribution >= 0.6 is 21.6 Å².